The number of rotatable bonds is 7. The molecule has 122 valence electrons. The Labute approximate surface area is 135 Å². The molecule has 2 saturated heterocycles. The molecule has 0 amide bonds. The topological polar surface area (TPSA) is 15.7 Å². The molecule has 0 spiro atoms. The summed E-state index contributed by atoms with van der Waals surface area (Å²) in [7, 11) is 0. The van der Waals surface area contributed by atoms with E-state index < -0.39 is 0 Å². The Kier molecular flexibility index (Phi) is 5.74. The third-order valence-corrected chi connectivity index (χ3v) is 5.01. The summed E-state index contributed by atoms with van der Waals surface area (Å²) < 4.78 is 5.88. The molecule has 0 radical (unpaired) electrons. The number of aryl methyl sites for hydroxylation is 1. The van der Waals surface area contributed by atoms with Crippen LogP contribution in [0.5, 0.6) is 5.75 Å². The minimum atomic E-state index is 0.789. The zero-order chi connectivity index (χ0) is 15.2. The fraction of sp³-hybridized carbons (Fsp3) is 0.684. The lowest BCUT2D eigenvalue weighted by Crippen LogP contribution is -2.40. The van der Waals surface area contributed by atoms with Gasteiger partial charge in [0.25, 0.3) is 0 Å². The van der Waals surface area contributed by atoms with Gasteiger partial charge < -0.3 is 9.64 Å². The second-order valence-electron chi connectivity index (χ2n) is 6.86. The van der Waals surface area contributed by atoms with Crippen LogP contribution in [0.3, 0.4) is 0 Å². The van der Waals surface area contributed by atoms with Gasteiger partial charge in [0.15, 0.2) is 0 Å². The number of likely N-dealkylation sites (tertiary alicyclic amines) is 2. The van der Waals surface area contributed by atoms with E-state index in [-0.39, 0.29) is 0 Å². The second-order valence-corrected chi connectivity index (χ2v) is 6.86. The molecule has 0 aromatic heterocycles. The van der Waals surface area contributed by atoms with E-state index in [0.29, 0.717) is 0 Å². The van der Waals surface area contributed by atoms with E-state index in [1.807, 2.05) is 0 Å². The van der Waals surface area contributed by atoms with Crippen LogP contribution in [0.25, 0.3) is 0 Å². The molecule has 0 N–H and O–H groups in total. The maximum absolute atomic E-state index is 5.88. The Morgan fingerprint density at radius 3 is 2.82 bits per heavy atom. The highest BCUT2D eigenvalue weighted by Crippen LogP contribution is 2.20. The summed E-state index contributed by atoms with van der Waals surface area (Å²) in [4.78, 5) is 5.35. The van der Waals surface area contributed by atoms with Gasteiger partial charge in [0.2, 0.25) is 0 Å². The summed E-state index contributed by atoms with van der Waals surface area (Å²) in [6, 6.07) is 9.14. The lowest BCUT2D eigenvalue weighted by atomic mass is 10.2. The van der Waals surface area contributed by atoms with Crippen LogP contribution in [0, 0.1) is 6.92 Å². The van der Waals surface area contributed by atoms with E-state index in [0.717, 1.165) is 24.8 Å². The molecule has 1 unspecified atom stereocenters. The molecule has 3 heteroatoms. The standard InChI is InChI=1S/C19H30N2O/c1-17-7-4-9-19(15-17)22-14-6-13-21-12-5-8-18(21)16-20-10-2-3-11-20/h4,7,9,15,18H,2-3,5-6,8,10-14,16H2,1H3. The summed E-state index contributed by atoms with van der Waals surface area (Å²) in [5.74, 6) is 1.01. The highest BCUT2D eigenvalue weighted by atomic mass is 16.5. The molecule has 1 aromatic carbocycles. The molecule has 0 bridgehead atoms. The summed E-state index contributed by atoms with van der Waals surface area (Å²) in [6.07, 6.45) is 6.69. The quantitative estimate of drug-likeness (QED) is 0.719. The predicted molar refractivity (Wildman–Crippen MR) is 91.6 cm³/mol. The van der Waals surface area contributed by atoms with Crippen molar-refractivity contribution >= 4 is 0 Å². The molecule has 3 nitrogen and oxygen atoms in total. The van der Waals surface area contributed by atoms with Gasteiger partial charge in [-0.2, -0.15) is 0 Å². The Balaban J connectivity index is 1.37. The Morgan fingerprint density at radius 2 is 2.00 bits per heavy atom. The number of ether oxygens (including phenoxy) is 1. The Hall–Kier alpha value is -1.06. The first-order valence-electron chi connectivity index (χ1n) is 8.97. The lowest BCUT2D eigenvalue weighted by molar-refractivity contribution is 0.178. The zero-order valence-corrected chi connectivity index (χ0v) is 14.0. The lowest BCUT2D eigenvalue weighted by Gasteiger charge is -2.28. The van der Waals surface area contributed by atoms with Crippen LogP contribution in [0.15, 0.2) is 24.3 Å². The van der Waals surface area contributed by atoms with Crippen LogP contribution in [-0.2, 0) is 0 Å². The first-order chi connectivity index (χ1) is 10.8. The Morgan fingerprint density at radius 1 is 1.14 bits per heavy atom. The largest absolute Gasteiger partial charge is 0.494 e. The van der Waals surface area contributed by atoms with E-state index in [2.05, 4.69) is 41.0 Å². The van der Waals surface area contributed by atoms with Gasteiger partial charge in [-0.15, -0.1) is 0 Å². The van der Waals surface area contributed by atoms with Gasteiger partial charge in [-0.05, 0) is 76.4 Å². The van der Waals surface area contributed by atoms with Crippen molar-refractivity contribution in [2.45, 2.75) is 45.1 Å². The molecule has 22 heavy (non-hydrogen) atoms. The maximum atomic E-state index is 5.88. The number of benzene rings is 1. The molecule has 2 heterocycles. The average molecular weight is 302 g/mol. The molecule has 2 fully saturated rings. The van der Waals surface area contributed by atoms with Crippen LogP contribution in [0.2, 0.25) is 0 Å². The monoisotopic (exact) mass is 302 g/mol. The minimum Gasteiger partial charge on any atom is -0.494 e. The Bertz CT molecular complexity index is 457. The number of hydrogen-bond donors (Lipinski definition) is 0. The number of hydrogen-bond acceptors (Lipinski definition) is 3. The van der Waals surface area contributed by atoms with Crippen LogP contribution in [0.1, 0.15) is 37.7 Å². The van der Waals surface area contributed by atoms with Crippen molar-refractivity contribution in [2.24, 2.45) is 0 Å². The molecule has 2 aliphatic rings. The van der Waals surface area contributed by atoms with Crippen molar-refractivity contribution in [3.63, 3.8) is 0 Å². The predicted octanol–water partition coefficient (Wildman–Crippen LogP) is 3.32. The van der Waals surface area contributed by atoms with E-state index in [9.17, 15) is 0 Å². The van der Waals surface area contributed by atoms with Gasteiger partial charge in [0.1, 0.15) is 5.75 Å². The summed E-state index contributed by atoms with van der Waals surface area (Å²) >= 11 is 0. The number of nitrogens with zero attached hydrogens (tertiary/aromatic N) is 2. The molecule has 1 atom stereocenters. The molecule has 0 saturated carbocycles. The van der Waals surface area contributed by atoms with Crippen molar-refractivity contribution in [3.8, 4) is 5.75 Å². The zero-order valence-electron chi connectivity index (χ0n) is 14.0. The van der Waals surface area contributed by atoms with Crippen molar-refractivity contribution in [3.05, 3.63) is 29.8 Å². The third kappa shape index (κ3) is 4.47. The van der Waals surface area contributed by atoms with Gasteiger partial charge in [0.05, 0.1) is 6.61 Å². The van der Waals surface area contributed by atoms with Gasteiger partial charge >= 0.3 is 0 Å². The van der Waals surface area contributed by atoms with Gasteiger partial charge in [-0.25, -0.2) is 0 Å². The molecule has 1 aromatic rings. The van der Waals surface area contributed by atoms with E-state index in [4.69, 9.17) is 4.74 Å². The first-order valence-corrected chi connectivity index (χ1v) is 8.97. The van der Waals surface area contributed by atoms with Gasteiger partial charge in [-0.3, -0.25) is 4.90 Å². The maximum Gasteiger partial charge on any atom is 0.119 e. The van der Waals surface area contributed by atoms with Crippen molar-refractivity contribution < 1.29 is 4.74 Å². The first kappa shape index (κ1) is 15.8. The molecule has 3 rings (SSSR count). The highest BCUT2D eigenvalue weighted by Gasteiger charge is 2.26. The molecular weight excluding hydrogens is 272 g/mol. The molecular formula is C19H30N2O. The van der Waals surface area contributed by atoms with Gasteiger partial charge in [-0.1, -0.05) is 12.1 Å². The van der Waals surface area contributed by atoms with Crippen molar-refractivity contribution in [2.75, 3.05) is 39.3 Å². The highest BCUT2D eigenvalue weighted by molar-refractivity contribution is 5.27. The summed E-state index contributed by atoms with van der Waals surface area (Å²) in [5.41, 5.74) is 1.27. The van der Waals surface area contributed by atoms with E-state index in [1.54, 1.807) is 0 Å². The van der Waals surface area contributed by atoms with E-state index in [1.165, 1.54) is 64.0 Å². The van der Waals surface area contributed by atoms with Crippen LogP contribution >= 0.6 is 0 Å². The fourth-order valence-electron chi connectivity index (χ4n) is 3.82. The average Bonchev–Trinajstić information content (AvgIpc) is 3.16. The fourth-order valence-corrected chi connectivity index (χ4v) is 3.82. The van der Waals surface area contributed by atoms with E-state index >= 15 is 0 Å². The minimum absolute atomic E-state index is 0.789. The summed E-state index contributed by atoms with van der Waals surface area (Å²) in [5, 5.41) is 0. The van der Waals surface area contributed by atoms with Crippen LogP contribution in [-0.4, -0.2) is 55.2 Å². The summed E-state index contributed by atoms with van der Waals surface area (Å²) in [6.45, 7) is 9.34. The van der Waals surface area contributed by atoms with Gasteiger partial charge in [0, 0.05) is 19.1 Å². The van der Waals surface area contributed by atoms with Crippen LogP contribution < -0.4 is 4.74 Å². The normalized spacial score (nSPS) is 23.2. The smallest absolute Gasteiger partial charge is 0.119 e. The third-order valence-electron chi connectivity index (χ3n) is 5.01. The molecule has 0 aliphatic carbocycles. The SMILES string of the molecule is Cc1cccc(OCCCN2CCCC2CN2CCCC2)c1. The van der Waals surface area contributed by atoms with Crippen LogP contribution in [0.4, 0.5) is 0 Å². The molecule has 2 aliphatic heterocycles. The van der Waals surface area contributed by atoms with Crippen molar-refractivity contribution in [1.82, 2.24) is 9.80 Å². The van der Waals surface area contributed by atoms with Crippen molar-refractivity contribution in [1.29, 1.82) is 0 Å². The second kappa shape index (κ2) is 7.98.